The fourth-order valence-corrected chi connectivity index (χ4v) is 3.53. The predicted molar refractivity (Wildman–Crippen MR) is 106 cm³/mol. The number of nitrogens with zero attached hydrogens (tertiary/aromatic N) is 2. The van der Waals surface area contributed by atoms with Crippen molar-refractivity contribution in [2.75, 3.05) is 0 Å². The van der Waals surface area contributed by atoms with Crippen LogP contribution in [0.2, 0.25) is 0 Å². The molecule has 1 aromatic carbocycles. The second kappa shape index (κ2) is 7.03. The lowest BCUT2D eigenvalue weighted by Crippen LogP contribution is -2.40. The number of benzene rings is 1. The molecular formula is C22H21N3O3. The van der Waals surface area contributed by atoms with Gasteiger partial charge in [-0.3, -0.25) is 9.59 Å². The Bertz CT molecular complexity index is 1080. The first-order chi connectivity index (χ1) is 13.5. The molecule has 3 aromatic rings. The first kappa shape index (κ1) is 18.1. The number of nitrogens with one attached hydrogen (secondary N) is 1. The molecule has 2 aromatic heterocycles. The van der Waals surface area contributed by atoms with Gasteiger partial charge in [0.25, 0.3) is 0 Å². The number of ketones is 1. The zero-order valence-corrected chi connectivity index (χ0v) is 15.9. The Labute approximate surface area is 162 Å². The summed E-state index contributed by atoms with van der Waals surface area (Å²) in [5.41, 5.74) is 2.26. The minimum Gasteiger partial charge on any atom is -0.486 e. The third-order valence-corrected chi connectivity index (χ3v) is 5.40. The van der Waals surface area contributed by atoms with Gasteiger partial charge in [-0.05, 0) is 42.7 Å². The maximum Gasteiger partial charge on any atom is 0.248 e. The maximum atomic E-state index is 12.7. The molecule has 6 nitrogen and oxygen atoms in total. The van der Waals surface area contributed by atoms with Crippen molar-refractivity contribution in [2.24, 2.45) is 0 Å². The van der Waals surface area contributed by atoms with Crippen molar-refractivity contribution < 1.29 is 9.53 Å². The minimum atomic E-state index is -0.405. The molecule has 0 atom stereocenters. The largest absolute Gasteiger partial charge is 0.486 e. The average Bonchev–Trinajstić information content (AvgIpc) is 2.73. The van der Waals surface area contributed by atoms with Crippen LogP contribution in [0.1, 0.15) is 43.5 Å². The number of hydrogen-bond acceptors (Lipinski definition) is 5. The van der Waals surface area contributed by atoms with E-state index < -0.39 is 5.60 Å². The summed E-state index contributed by atoms with van der Waals surface area (Å²) in [5.74, 6) is 1.24. The van der Waals surface area contributed by atoms with Crippen LogP contribution in [0.3, 0.4) is 0 Å². The molecule has 0 fully saturated rings. The van der Waals surface area contributed by atoms with Crippen LogP contribution in [0.25, 0.3) is 22.5 Å². The Kier molecular flexibility index (Phi) is 4.55. The molecule has 1 aliphatic rings. The smallest absolute Gasteiger partial charge is 0.248 e. The number of hydrogen-bond donors (Lipinski definition) is 1. The molecule has 4 rings (SSSR count). The SMILES string of the molecule is CCC1(CC)CC(=O)c2cc(-c3ncc(-c4cc[nH]c(=O)c4)cn3)ccc2O1. The van der Waals surface area contributed by atoms with Crippen molar-refractivity contribution in [3.05, 3.63) is 64.8 Å². The minimum absolute atomic E-state index is 0.0898. The lowest BCUT2D eigenvalue weighted by atomic mass is 9.85. The van der Waals surface area contributed by atoms with Crippen LogP contribution in [-0.2, 0) is 0 Å². The molecule has 0 bridgehead atoms. The number of pyridine rings is 1. The van der Waals surface area contributed by atoms with Gasteiger partial charge >= 0.3 is 0 Å². The van der Waals surface area contributed by atoms with E-state index in [0.717, 1.165) is 29.5 Å². The van der Waals surface area contributed by atoms with Gasteiger partial charge in [0.2, 0.25) is 5.56 Å². The summed E-state index contributed by atoms with van der Waals surface area (Å²) >= 11 is 0. The van der Waals surface area contributed by atoms with Crippen LogP contribution in [0.15, 0.2) is 53.7 Å². The van der Waals surface area contributed by atoms with E-state index in [1.165, 1.54) is 6.07 Å². The summed E-state index contributed by atoms with van der Waals surface area (Å²) in [7, 11) is 0. The standard InChI is InChI=1S/C22H21N3O3/c1-3-22(4-2)11-18(26)17-9-15(5-6-19(17)28-22)21-24-12-16(13-25-21)14-7-8-23-20(27)10-14/h5-10,12-13H,3-4,11H2,1-2H3,(H,23,27). The van der Waals surface area contributed by atoms with Gasteiger partial charge in [-0.2, -0.15) is 0 Å². The summed E-state index contributed by atoms with van der Waals surface area (Å²) < 4.78 is 6.17. The Morgan fingerprint density at radius 3 is 2.43 bits per heavy atom. The third kappa shape index (κ3) is 3.22. The summed E-state index contributed by atoms with van der Waals surface area (Å²) in [4.78, 5) is 35.6. The number of aromatic amines is 1. The molecule has 1 aliphatic heterocycles. The molecule has 1 N–H and O–H groups in total. The highest BCUT2D eigenvalue weighted by molar-refractivity contribution is 6.01. The monoisotopic (exact) mass is 375 g/mol. The topological polar surface area (TPSA) is 84.9 Å². The normalized spacial score (nSPS) is 15.0. The quantitative estimate of drug-likeness (QED) is 0.744. The van der Waals surface area contributed by atoms with E-state index >= 15 is 0 Å². The highest BCUT2D eigenvalue weighted by Gasteiger charge is 2.37. The fraction of sp³-hybridized carbons (Fsp3) is 0.273. The van der Waals surface area contributed by atoms with Crippen molar-refractivity contribution in [1.29, 1.82) is 0 Å². The van der Waals surface area contributed by atoms with Gasteiger partial charge < -0.3 is 9.72 Å². The second-order valence-corrected chi connectivity index (χ2v) is 7.04. The van der Waals surface area contributed by atoms with E-state index in [2.05, 4.69) is 15.0 Å². The second-order valence-electron chi connectivity index (χ2n) is 7.04. The molecule has 3 heterocycles. The van der Waals surface area contributed by atoms with Crippen LogP contribution in [0.5, 0.6) is 5.75 Å². The van der Waals surface area contributed by atoms with E-state index in [4.69, 9.17) is 4.74 Å². The lowest BCUT2D eigenvalue weighted by Gasteiger charge is -2.36. The molecule has 6 heteroatoms. The molecule has 0 saturated heterocycles. The van der Waals surface area contributed by atoms with Crippen molar-refractivity contribution in [3.8, 4) is 28.3 Å². The number of H-pyrrole nitrogens is 1. The summed E-state index contributed by atoms with van der Waals surface area (Å²) in [5, 5.41) is 0. The molecule has 0 unspecified atom stereocenters. The number of Topliss-reactive ketones (excluding diaryl/α,β-unsaturated/α-hetero) is 1. The number of fused-ring (bicyclic) bond motifs is 1. The summed E-state index contributed by atoms with van der Waals surface area (Å²) in [6.07, 6.45) is 6.92. The zero-order chi connectivity index (χ0) is 19.7. The van der Waals surface area contributed by atoms with Gasteiger partial charge in [0.1, 0.15) is 11.4 Å². The maximum absolute atomic E-state index is 12.7. The molecule has 0 radical (unpaired) electrons. The Morgan fingerprint density at radius 1 is 1.00 bits per heavy atom. The van der Waals surface area contributed by atoms with Crippen LogP contribution < -0.4 is 10.3 Å². The molecule has 28 heavy (non-hydrogen) atoms. The Balaban J connectivity index is 1.65. The van der Waals surface area contributed by atoms with E-state index in [-0.39, 0.29) is 11.3 Å². The average molecular weight is 375 g/mol. The highest BCUT2D eigenvalue weighted by atomic mass is 16.5. The highest BCUT2D eigenvalue weighted by Crippen LogP contribution is 2.38. The van der Waals surface area contributed by atoms with Crippen molar-refractivity contribution in [3.63, 3.8) is 0 Å². The third-order valence-electron chi connectivity index (χ3n) is 5.40. The van der Waals surface area contributed by atoms with Crippen LogP contribution in [0, 0.1) is 0 Å². The molecular weight excluding hydrogens is 354 g/mol. The van der Waals surface area contributed by atoms with E-state index in [1.54, 1.807) is 30.7 Å². The van der Waals surface area contributed by atoms with E-state index in [0.29, 0.717) is 23.6 Å². The van der Waals surface area contributed by atoms with Gasteiger partial charge in [-0.15, -0.1) is 0 Å². The van der Waals surface area contributed by atoms with Gasteiger partial charge in [-0.1, -0.05) is 13.8 Å². The van der Waals surface area contributed by atoms with Gasteiger partial charge in [-0.25, -0.2) is 9.97 Å². The van der Waals surface area contributed by atoms with Crippen molar-refractivity contribution in [2.45, 2.75) is 38.7 Å². The van der Waals surface area contributed by atoms with Crippen molar-refractivity contribution in [1.82, 2.24) is 15.0 Å². The summed E-state index contributed by atoms with van der Waals surface area (Å²) in [6.45, 7) is 4.10. The number of carbonyl (C=O) groups is 1. The number of ether oxygens (including phenoxy) is 1. The zero-order valence-electron chi connectivity index (χ0n) is 15.9. The first-order valence-corrected chi connectivity index (χ1v) is 9.41. The Hall–Kier alpha value is -3.28. The number of rotatable bonds is 4. The van der Waals surface area contributed by atoms with E-state index in [1.807, 2.05) is 26.0 Å². The Morgan fingerprint density at radius 2 is 1.75 bits per heavy atom. The van der Waals surface area contributed by atoms with Gasteiger partial charge in [0.05, 0.1) is 12.0 Å². The number of aromatic nitrogens is 3. The van der Waals surface area contributed by atoms with Crippen LogP contribution >= 0.6 is 0 Å². The van der Waals surface area contributed by atoms with Gasteiger partial charge in [0.15, 0.2) is 11.6 Å². The lowest BCUT2D eigenvalue weighted by molar-refractivity contribution is 0.0350. The van der Waals surface area contributed by atoms with Crippen LogP contribution in [0.4, 0.5) is 0 Å². The molecule has 0 saturated carbocycles. The number of carbonyl (C=O) groups excluding carboxylic acids is 1. The summed E-state index contributed by atoms with van der Waals surface area (Å²) in [6, 6.07) is 8.80. The predicted octanol–water partition coefficient (Wildman–Crippen LogP) is 4.02. The van der Waals surface area contributed by atoms with Gasteiger partial charge in [0, 0.05) is 35.8 Å². The molecule has 0 aliphatic carbocycles. The molecule has 0 amide bonds. The molecule has 0 spiro atoms. The van der Waals surface area contributed by atoms with Crippen molar-refractivity contribution >= 4 is 5.78 Å². The fourth-order valence-electron chi connectivity index (χ4n) is 3.53. The molecule has 142 valence electrons. The van der Waals surface area contributed by atoms with Crippen LogP contribution in [-0.4, -0.2) is 26.3 Å². The first-order valence-electron chi connectivity index (χ1n) is 9.41. The van der Waals surface area contributed by atoms with E-state index in [9.17, 15) is 9.59 Å².